The van der Waals surface area contributed by atoms with Crippen LogP contribution in [0.25, 0.3) is 0 Å². The summed E-state index contributed by atoms with van der Waals surface area (Å²) in [6.07, 6.45) is 3.30. The van der Waals surface area contributed by atoms with Gasteiger partial charge in [-0.2, -0.15) is 0 Å². The molecule has 5 heteroatoms. The molecule has 0 bridgehead atoms. The summed E-state index contributed by atoms with van der Waals surface area (Å²) in [7, 11) is 1.69. The molecule has 2 aliphatic heterocycles. The van der Waals surface area contributed by atoms with Crippen LogP contribution < -0.4 is 10.1 Å². The minimum absolute atomic E-state index is 0.262. The van der Waals surface area contributed by atoms with Crippen molar-refractivity contribution in [2.24, 2.45) is 0 Å². The van der Waals surface area contributed by atoms with Crippen molar-refractivity contribution < 1.29 is 14.3 Å². The van der Waals surface area contributed by atoms with Crippen LogP contribution in [-0.2, 0) is 21.7 Å². The zero-order chi connectivity index (χ0) is 15.6. The first-order valence-electron chi connectivity index (χ1n) is 7.98. The standard InChI is InChI=1S/C17H24N2O3/c1-13(20)22-17(12-19-10-3-4-11-19)15-6-5-7-16(21-2)14(15)8-9-18-17/h5-7,18H,3-4,8-12H2,1-2H3. The number of methoxy groups -OCH3 is 1. The molecule has 2 aliphatic rings. The Morgan fingerprint density at radius 1 is 1.36 bits per heavy atom. The van der Waals surface area contributed by atoms with Crippen LogP contribution in [0.2, 0.25) is 0 Å². The van der Waals surface area contributed by atoms with Crippen molar-refractivity contribution in [3.63, 3.8) is 0 Å². The van der Waals surface area contributed by atoms with Crippen LogP contribution in [0, 0.1) is 0 Å². The highest BCUT2D eigenvalue weighted by molar-refractivity contribution is 5.67. The lowest BCUT2D eigenvalue weighted by atomic mass is 9.89. The molecule has 0 aliphatic carbocycles. The summed E-state index contributed by atoms with van der Waals surface area (Å²) in [5.74, 6) is 0.610. The first kappa shape index (κ1) is 15.3. The molecule has 5 nitrogen and oxygen atoms in total. The number of nitrogens with one attached hydrogen (secondary N) is 1. The fourth-order valence-electron chi connectivity index (χ4n) is 3.64. The molecule has 1 atom stereocenters. The largest absolute Gasteiger partial charge is 0.496 e. The molecule has 1 N–H and O–H groups in total. The Labute approximate surface area is 131 Å². The topological polar surface area (TPSA) is 50.8 Å². The predicted octanol–water partition coefficient (Wildman–Crippen LogP) is 1.65. The lowest BCUT2D eigenvalue weighted by molar-refractivity contribution is -0.166. The average Bonchev–Trinajstić information content (AvgIpc) is 2.99. The van der Waals surface area contributed by atoms with E-state index in [2.05, 4.69) is 10.2 Å². The van der Waals surface area contributed by atoms with Crippen LogP contribution in [0.1, 0.15) is 30.9 Å². The summed E-state index contributed by atoms with van der Waals surface area (Å²) in [5, 5.41) is 3.46. The van der Waals surface area contributed by atoms with Gasteiger partial charge in [-0.15, -0.1) is 0 Å². The number of hydrogen-bond acceptors (Lipinski definition) is 5. The molecule has 3 rings (SSSR count). The molecule has 0 amide bonds. The number of hydrogen-bond donors (Lipinski definition) is 1. The molecule has 1 aromatic rings. The maximum absolute atomic E-state index is 11.7. The van der Waals surface area contributed by atoms with Crippen LogP contribution in [0.15, 0.2) is 18.2 Å². The fourth-order valence-corrected chi connectivity index (χ4v) is 3.64. The highest BCUT2D eigenvalue weighted by atomic mass is 16.6. The smallest absolute Gasteiger partial charge is 0.304 e. The van der Waals surface area contributed by atoms with Crippen LogP contribution >= 0.6 is 0 Å². The van der Waals surface area contributed by atoms with E-state index in [1.165, 1.54) is 19.8 Å². The second-order valence-corrected chi connectivity index (χ2v) is 6.07. The first-order chi connectivity index (χ1) is 10.6. The van der Waals surface area contributed by atoms with E-state index >= 15 is 0 Å². The van der Waals surface area contributed by atoms with Gasteiger partial charge >= 0.3 is 5.97 Å². The van der Waals surface area contributed by atoms with E-state index in [0.29, 0.717) is 6.54 Å². The van der Waals surface area contributed by atoms with E-state index in [-0.39, 0.29) is 5.97 Å². The van der Waals surface area contributed by atoms with Crippen molar-refractivity contribution in [1.29, 1.82) is 0 Å². The third kappa shape index (κ3) is 2.83. The Morgan fingerprint density at radius 3 is 2.82 bits per heavy atom. The van der Waals surface area contributed by atoms with E-state index in [9.17, 15) is 4.79 Å². The molecule has 1 unspecified atom stereocenters. The number of carbonyl (C=O) groups excluding carboxylic acids is 1. The van der Waals surface area contributed by atoms with Crippen LogP contribution in [0.5, 0.6) is 5.75 Å². The van der Waals surface area contributed by atoms with Gasteiger partial charge in [0.1, 0.15) is 5.75 Å². The normalized spacial score (nSPS) is 24.8. The van der Waals surface area contributed by atoms with Crippen molar-refractivity contribution in [2.75, 3.05) is 33.3 Å². The first-order valence-corrected chi connectivity index (χ1v) is 7.98. The van der Waals surface area contributed by atoms with E-state index in [4.69, 9.17) is 9.47 Å². The minimum Gasteiger partial charge on any atom is -0.496 e. The monoisotopic (exact) mass is 304 g/mol. The number of rotatable bonds is 4. The van der Waals surface area contributed by atoms with Crippen molar-refractivity contribution >= 4 is 5.97 Å². The van der Waals surface area contributed by atoms with E-state index in [1.807, 2.05) is 18.2 Å². The zero-order valence-electron chi connectivity index (χ0n) is 13.4. The Hall–Kier alpha value is -1.59. The lowest BCUT2D eigenvalue weighted by Crippen LogP contribution is -2.56. The second kappa shape index (κ2) is 6.26. The van der Waals surface area contributed by atoms with Gasteiger partial charge in [0, 0.05) is 24.6 Å². The van der Waals surface area contributed by atoms with Gasteiger partial charge < -0.3 is 9.47 Å². The Morgan fingerprint density at radius 2 is 2.14 bits per heavy atom. The number of carbonyl (C=O) groups is 1. The fraction of sp³-hybridized carbons (Fsp3) is 0.588. The molecule has 0 spiro atoms. The van der Waals surface area contributed by atoms with Crippen LogP contribution in [0.4, 0.5) is 0 Å². The molecule has 1 fully saturated rings. The van der Waals surface area contributed by atoms with Crippen molar-refractivity contribution in [2.45, 2.75) is 31.9 Å². The quantitative estimate of drug-likeness (QED) is 0.857. The van der Waals surface area contributed by atoms with Gasteiger partial charge in [-0.3, -0.25) is 15.0 Å². The summed E-state index contributed by atoms with van der Waals surface area (Å²) in [4.78, 5) is 14.1. The van der Waals surface area contributed by atoms with E-state index < -0.39 is 5.72 Å². The van der Waals surface area contributed by atoms with Crippen LogP contribution in [-0.4, -0.2) is 44.2 Å². The summed E-state index contributed by atoms with van der Waals surface area (Å²) in [5.41, 5.74) is 1.41. The molecule has 0 radical (unpaired) electrons. The molecule has 1 saturated heterocycles. The summed E-state index contributed by atoms with van der Waals surface area (Å²) in [6, 6.07) is 5.98. The number of fused-ring (bicyclic) bond motifs is 1. The number of nitrogens with zero attached hydrogens (tertiary/aromatic N) is 1. The molecule has 1 aromatic carbocycles. The van der Waals surface area contributed by atoms with Gasteiger partial charge in [-0.25, -0.2) is 0 Å². The predicted molar refractivity (Wildman–Crippen MR) is 83.8 cm³/mol. The van der Waals surface area contributed by atoms with Gasteiger partial charge in [-0.05, 0) is 38.4 Å². The molecule has 22 heavy (non-hydrogen) atoms. The third-order valence-electron chi connectivity index (χ3n) is 4.54. The van der Waals surface area contributed by atoms with Gasteiger partial charge in [-0.1, -0.05) is 12.1 Å². The Kier molecular flexibility index (Phi) is 4.36. The van der Waals surface area contributed by atoms with Gasteiger partial charge in [0.15, 0.2) is 0 Å². The highest BCUT2D eigenvalue weighted by Gasteiger charge is 2.42. The second-order valence-electron chi connectivity index (χ2n) is 6.07. The molecule has 0 saturated carbocycles. The van der Waals surface area contributed by atoms with Crippen molar-refractivity contribution in [3.05, 3.63) is 29.3 Å². The third-order valence-corrected chi connectivity index (χ3v) is 4.54. The van der Waals surface area contributed by atoms with Gasteiger partial charge in [0.05, 0.1) is 13.7 Å². The Bertz CT molecular complexity index is 555. The molecular weight excluding hydrogens is 280 g/mol. The van der Waals surface area contributed by atoms with E-state index in [0.717, 1.165) is 42.9 Å². The van der Waals surface area contributed by atoms with Gasteiger partial charge in [0.25, 0.3) is 0 Å². The number of benzene rings is 1. The number of likely N-dealkylation sites (tertiary alicyclic amines) is 1. The lowest BCUT2D eigenvalue weighted by Gasteiger charge is -2.41. The summed E-state index contributed by atoms with van der Waals surface area (Å²) >= 11 is 0. The average molecular weight is 304 g/mol. The highest BCUT2D eigenvalue weighted by Crippen LogP contribution is 2.36. The number of ether oxygens (including phenoxy) is 2. The molecular formula is C17H24N2O3. The van der Waals surface area contributed by atoms with Crippen molar-refractivity contribution in [1.82, 2.24) is 10.2 Å². The minimum atomic E-state index is -0.766. The maximum Gasteiger partial charge on any atom is 0.304 e. The van der Waals surface area contributed by atoms with Gasteiger partial charge in [0.2, 0.25) is 5.72 Å². The molecule has 0 aromatic heterocycles. The zero-order valence-corrected chi connectivity index (χ0v) is 13.4. The summed E-state index contributed by atoms with van der Waals surface area (Å²) in [6.45, 7) is 5.05. The summed E-state index contributed by atoms with van der Waals surface area (Å²) < 4.78 is 11.3. The molecule has 120 valence electrons. The molecule has 2 heterocycles. The number of esters is 1. The van der Waals surface area contributed by atoms with Crippen molar-refractivity contribution in [3.8, 4) is 5.75 Å². The van der Waals surface area contributed by atoms with E-state index in [1.54, 1.807) is 7.11 Å². The SMILES string of the molecule is COc1cccc2c1CCNC2(CN1CCCC1)OC(C)=O. The van der Waals surface area contributed by atoms with Crippen LogP contribution in [0.3, 0.4) is 0 Å². The Balaban J connectivity index is 2.01. The maximum atomic E-state index is 11.7.